The lowest BCUT2D eigenvalue weighted by Gasteiger charge is -2.27. The number of anilines is 2. The summed E-state index contributed by atoms with van der Waals surface area (Å²) >= 11 is 11.9. The van der Waals surface area contributed by atoms with Gasteiger partial charge in [0.05, 0.1) is 48.2 Å². The largest absolute Gasteiger partial charge is 0.488 e. The van der Waals surface area contributed by atoms with Gasteiger partial charge < -0.3 is 35.8 Å². The zero-order valence-electron chi connectivity index (χ0n) is 29.5. The molecule has 296 valence electrons. The number of nitrogen functional groups attached to an aromatic ring is 1. The van der Waals surface area contributed by atoms with Gasteiger partial charge in [-0.3, -0.25) is 4.79 Å². The van der Waals surface area contributed by atoms with Gasteiger partial charge >= 0.3 is 5.97 Å². The maximum Gasteiger partial charge on any atom is 0.341 e. The molecule has 0 spiro atoms. The number of halogens is 2. The van der Waals surface area contributed by atoms with Gasteiger partial charge in [-0.15, -0.1) is 0 Å². The zero-order chi connectivity index (χ0) is 38.9. The van der Waals surface area contributed by atoms with Crippen molar-refractivity contribution in [2.45, 2.75) is 83.2 Å². The van der Waals surface area contributed by atoms with E-state index in [0.717, 1.165) is 38.5 Å². The number of hydrogen-bond donors (Lipinski definition) is 5. The molecule has 2 fully saturated rings. The molecule has 1 amide bonds. The Balaban J connectivity index is 0.000000175. The molecular weight excluding hydrogens is 763 g/mol. The van der Waals surface area contributed by atoms with Gasteiger partial charge in [0.25, 0.3) is 5.91 Å². The van der Waals surface area contributed by atoms with Gasteiger partial charge in [0.2, 0.25) is 0 Å². The average molecular weight is 808 g/mol. The van der Waals surface area contributed by atoms with E-state index in [0.29, 0.717) is 62.6 Å². The molecule has 0 saturated heterocycles. The van der Waals surface area contributed by atoms with E-state index in [2.05, 4.69) is 25.5 Å². The van der Waals surface area contributed by atoms with Crippen LogP contribution < -0.4 is 20.5 Å². The number of fused-ring (bicyclic) bond motifs is 2. The van der Waals surface area contributed by atoms with Crippen LogP contribution in [0.3, 0.4) is 0 Å². The van der Waals surface area contributed by atoms with E-state index in [-0.39, 0.29) is 43.3 Å². The molecule has 17 heteroatoms. The standard InChI is InChI=1S/C19H19ClN4O3.C12H16ClNO2.C7H5N3O2.CH4/c20-12-2-7-17(27-14-5-3-13(25)4-6-14)16(10-12)23-19(26)15-11-22-24-9-1-8-21-18(15)24;13-8-1-6-12(11(14)7-8)16-10-4-2-9(15)3-5-10;11-7(12)5-4-9-10-3-1-2-8-6(5)10;/h1-2,7-11,13-14,25H,3-6H2,(H,23,26);1,6-7,9-10,15H,2-5,14H2;1-4H,(H,11,12);1H4. The highest BCUT2D eigenvalue weighted by Gasteiger charge is 2.23. The third-order valence-corrected chi connectivity index (χ3v) is 9.54. The number of ether oxygens (including phenoxy) is 2. The molecule has 2 saturated carbocycles. The van der Waals surface area contributed by atoms with E-state index in [1.54, 1.807) is 67.1 Å². The van der Waals surface area contributed by atoms with Crippen molar-refractivity contribution in [3.05, 3.63) is 107 Å². The van der Waals surface area contributed by atoms with E-state index in [1.807, 2.05) is 0 Å². The average Bonchev–Trinajstić information content (AvgIpc) is 3.82. The monoisotopic (exact) mass is 806 g/mol. The molecule has 2 aromatic carbocycles. The number of nitrogens with zero attached hydrogens (tertiary/aromatic N) is 6. The number of aliphatic hydroxyl groups is 2. The second-order valence-corrected chi connectivity index (χ2v) is 13.9. The molecule has 4 heterocycles. The normalized spacial score (nSPS) is 19.0. The van der Waals surface area contributed by atoms with Crippen LogP contribution in [0.2, 0.25) is 10.0 Å². The summed E-state index contributed by atoms with van der Waals surface area (Å²) in [5, 5.41) is 39.6. The molecule has 2 aliphatic rings. The van der Waals surface area contributed by atoms with Gasteiger partial charge in [0.1, 0.15) is 22.6 Å². The summed E-state index contributed by atoms with van der Waals surface area (Å²) < 4.78 is 14.8. The number of carboxylic acids is 1. The molecule has 15 nitrogen and oxygen atoms in total. The summed E-state index contributed by atoms with van der Waals surface area (Å²) in [7, 11) is 0. The Morgan fingerprint density at radius 1 is 0.732 bits per heavy atom. The minimum absolute atomic E-state index is 0. The molecule has 0 radical (unpaired) electrons. The lowest BCUT2D eigenvalue weighted by Crippen LogP contribution is -2.27. The summed E-state index contributed by atoms with van der Waals surface area (Å²) in [6, 6.07) is 13.8. The number of carbonyl (C=O) groups excluding carboxylic acids is 1. The van der Waals surface area contributed by atoms with E-state index < -0.39 is 5.97 Å². The molecule has 56 heavy (non-hydrogen) atoms. The Morgan fingerprint density at radius 2 is 1.21 bits per heavy atom. The van der Waals surface area contributed by atoms with Crippen LogP contribution in [0, 0.1) is 0 Å². The Labute approximate surface area is 333 Å². The molecule has 6 N–H and O–H groups in total. The SMILES string of the molecule is C.Nc1cc(Cl)ccc1OC1CCC(O)CC1.O=C(Nc1cc(Cl)ccc1OC1CCC(O)CC1)c1cnn2cccnc12.O=C(O)c1cnn2cccnc12. The van der Waals surface area contributed by atoms with Crippen molar-refractivity contribution in [2.75, 3.05) is 11.1 Å². The van der Waals surface area contributed by atoms with Crippen molar-refractivity contribution in [2.24, 2.45) is 0 Å². The smallest absolute Gasteiger partial charge is 0.341 e. The van der Waals surface area contributed by atoms with Crippen molar-refractivity contribution in [1.29, 1.82) is 0 Å². The first-order valence-corrected chi connectivity index (χ1v) is 18.4. The van der Waals surface area contributed by atoms with Crippen LogP contribution in [0.15, 0.2) is 85.7 Å². The summed E-state index contributed by atoms with van der Waals surface area (Å²) in [5.41, 5.74) is 8.19. The number of carboxylic acid groups (broad SMARTS) is 1. The predicted molar refractivity (Wildman–Crippen MR) is 213 cm³/mol. The molecule has 2 aliphatic carbocycles. The van der Waals surface area contributed by atoms with Crippen LogP contribution in [0.1, 0.15) is 79.5 Å². The third-order valence-electron chi connectivity index (χ3n) is 9.07. The lowest BCUT2D eigenvalue weighted by molar-refractivity contribution is 0.0668. The highest BCUT2D eigenvalue weighted by atomic mass is 35.5. The fourth-order valence-corrected chi connectivity index (χ4v) is 6.52. The van der Waals surface area contributed by atoms with Crippen LogP contribution >= 0.6 is 23.2 Å². The van der Waals surface area contributed by atoms with Gasteiger partial charge in [-0.2, -0.15) is 10.2 Å². The number of rotatable bonds is 7. The van der Waals surface area contributed by atoms with Crippen LogP contribution in [0.5, 0.6) is 11.5 Å². The second kappa shape index (κ2) is 19.4. The summed E-state index contributed by atoms with van der Waals surface area (Å²) in [5.74, 6) is -0.108. The fourth-order valence-electron chi connectivity index (χ4n) is 6.17. The van der Waals surface area contributed by atoms with Crippen molar-refractivity contribution < 1.29 is 34.4 Å². The maximum atomic E-state index is 12.8. The van der Waals surface area contributed by atoms with Gasteiger partial charge in [-0.1, -0.05) is 30.6 Å². The molecule has 0 aliphatic heterocycles. The van der Waals surface area contributed by atoms with Gasteiger partial charge in [-0.25, -0.2) is 23.8 Å². The summed E-state index contributed by atoms with van der Waals surface area (Å²) in [4.78, 5) is 31.4. The second-order valence-electron chi connectivity index (χ2n) is 13.1. The van der Waals surface area contributed by atoms with Gasteiger partial charge in [0, 0.05) is 34.8 Å². The first-order chi connectivity index (χ1) is 26.5. The minimum atomic E-state index is -1.01. The fraction of sp³-hybridized carbons (Fsp3) is 0.333. The molecule has 4 aromatic heterocycles. The Bertz CT molecular complexity index is 2230. The number of aliphatic hydroxyl groups excluding tert-OH is 2. The number of hydrogen-bond acceptors (Lipinski definition) is 11. The summed E-state index contributed by atoms with van der Waals surface area (Å²) in [6.45, 7) is 0. The van der Waals surface area contributed by atoms with Crippen LogP contribution in [0.4, 0.5) is 11.4 Å². The lowest BCUT2D eigenvalue weighted by atomic mass is 9.95. The number of aromatic nitrogens is 6. The zero-order valence-corrected chi connectivity index (χ0v) is 31.1. The van der Waals surface area contributed by atoms with Crippen molar-refractivity contribution in [3.8, 4) is 11.5 Å². The Morgan fingerprint density at radius 3 is 1.75 bits per heavy atom. The van der Waals surface area contributed by atoms with E-state index in [1.165, 1.54) is 27.6 Å². The predicted octanol–water partition coefficient (Wildman–Crippen LogP) is 6.99. The minimum Gasteiger partial charge on any atom is -0.488 e. The maximum absolute atomic E-state index is 12.8. The van der Waals surface area contributed by atoms with Crippen molar-refractivity contribution in [3.63, 3.8) is 0 Å². The molecule has 6 aromatic rings. The number of nitrogens with one attached hydrogen (secondary N) is 1. The number of amides is 1. The Kier molecular flexibility index (Phi) is 14.4. The third kappa shape index (κ3) is 10.8. The molecule has 0 bridgehead atoms. The summed E-state index contributed by atoms with van der Waals surface area (Å²) in [6.07, 6.45) is 15.4. The van der Waals surface area contributed by atoms with Crippen LogP contribution in [0.25, 0.3) is 11.3 Å². The molecule has 8 rings (SSSR count). The van der Waals surface area contributed by atoms with E-state index >= 15 is 0 Å². The first-order valence-electron chi connectivity index (χ1n) is 17.7. The van der Waals surface area contributed by atoms with Crippen LogP contribution in [-0.2, 0) is 0 Å². The quantitative estimate of drug-likeness (QED) is 0.103. The topological polar surface area (TPSA) is 212 Å². The van der Waals surface area contributed by atoms with Gasteiger partial charge in [-0.05, 0) is 99.9 Å². The molecular formula is C39H44Cl2N8O7. The Hall–Kier alpha value is -5.48. The number of benzene rings is 2. The number of aromatic carboxylic acids is 1. The van der Waals surface area contributed by atoms with Crippen LogP contribution in [-0.4, -0.2) is 80.8 Å². The first kappa shape index (κ1) is 41.7. The van der Waals surface area contributed by atoms with Crippen molar-refractivity contribution in [1.82, 2.24) is 29.2 Å². The van der Waals surface area contributed by atoms with E-state index in [9.17, 15) is 19.8 Å². The highest BCUT2D eigenvalue weighted by molar-refractivity contribution is 6.31. The molecule has 0 unspecified atom stereocenters. The van der Waals surface area contributed by atoms with Crippen molar-refractivity contribution >= 4 is 57.7 Å². The number of nitrogens with two attached hydrogens (primary N) is 1. The highest BCUT2D eigenvalue weighted by Crippen LogP contribution is 2.33. The van der Waals surface area contributed by atoms with Gasteiger partial charge in [0.15, 0.2) is 11.3 Å². The molecule has 0 atom stereocenters. The van der Waals surface area contributed by atoms with E-state index in [4.69, 9.17) is 43.5 Å². The number of carbonyl (C=O) groups is 2.